The monoisotopic (exact) mass is 366 g/mol. The Kier molecular flexibility index (Phi) is 4.54. The zero-order valence-electron chi connectivity index (χ0n) is 16.3. The molecule has 0 N–H and O–H groups in total. The van der Waals surface area contributed by atoms with E-state index in [0.717, 1.165) is 39.4 Å². The SMILES string of the molecule is Cn1cc(CN2CCC3(CC2)CN([C@H]2CCOC2)Cc2ccccc23)cn1. The first-order valence-electron chi connectivity index (χ1n) is 10.3. The molecule has 3 aliphatic heterocycles. The third-order valence-electron chi connectivity index (χ3n) is 6.87. The number of fused-ring (bicyclic) bond motifs is 2. The second-order valence-electron chi connectivity index (χ2n) is 8.66. The van der Waals surface area contributed by atoms with Gasteiger partial charge >= 0.3 is 0 Å². The molecule has 5 heteroatoms. The van der Waals surface area contributed by atoms with Crippen molar-refractivity contribution in [2.75, 3.05) is 32.8 Å². The standard InChI is InChI=1S/C22H30N4O/c1-24-13-18(12-23-24)14-25-9-7-22(8-10-25)17-26(20-6-11-27-16-20)15-19-4-2-3-5-21(19)22/h2-5,12-13,20H,6-11,14-17H2,1H3/t20-/m0/s1. The fourth-order valence-electron chi connectivity index (χ4n) is 5.37. The van der Waals surface area contributed by atoms with Crippen molar-refractivity contribution < 1.29 is 4.74 Å². The topological polar surface area (TPSA) is 33.5 Å². The predicted molar refractivity (Wildman–Crippen MR) is 105 cm³/mol. The number of nitrogens with zero attached hydrogens (tertiary/aromatic N) is 4. The highest BCUT2D eigenvalue weighted by Crippen LogP contribution is 2.43. The summed E-state index contributed by atoms with van der Waals surface area (Å²) in [5.74, 6) is 0. The van der Waals surface area contributed by atoms with Gasteiger partial charge in [-0.05, 0) is 43.5 Å². The van der Waals surface area contributed by atoms with Crippen LogP contribution in [0, 0.1) is 0 Å². The summed E-state index contributed by atoms with van der Waals surface area (Å²) in [5, 5.41) is 4.32. The molecule has 144 valence electrons. The van der Waals surface area contributed by atoms with Crippen LogP contribution >= 0.6 is 0 Å². The van der Waals surface area contributed by atoms with Gasteiger partial charge in [0.2, 0.25) is 0 Å². The van der Waals surface area contributed by atoms with Gasteiger partial charge in [0, 0.05) is 56.5 Å². The molecule has 1 aromatic heterocycles. The van der Waals surface area contributed by atoms with Crippen LogP contribution in [-0.2, 0) is 30.3 Å². The molecule has 5 rings (SSSR count). The van der Waals surface area contributed by atoms with Gasteiger partial charge in [-0.1, -0.05) is 24.3 Å². The van der Waals surface area contributed by atoms with Crippen LogP contribution in [0.5, 0.6) is 0 Å². The molecule has 0 aliphatic carbocycles. The Morgan fingerprint density at radius 1 is 1.22 bits per heavy atom. The second-order valence-corrected chi connectivity index (χ2v) is 8.66. The summed E-state index contributed by atoms with van der Waals surface area (Å²) in [5.41, 5.74) is 4.78. The van der Waals surface area contributed by atoms with Gasteiger partial charge in [0.1, 0.15) is 0 Å². The highest BCUT2D eigenvalue weighted by atomic mass is 16.5. The summed E-state index contributed by atoms with van der Waals surface area (Å²) in [4.78, 5) is 5.31. The largest absolute Gasteiger partial charge is 0.380 e. The molecule has 0 bridgehead atoms. The third kappa shape index (κ3) is 3.33. The van der Waals surface area contributed by atoms with E-state index in [9.17, 15) is 0 Å². The third-order valence-corrected chi connectivity index (χ3v) is 6.87. The van der Waals surface area contributed by atoms with Crippen molar-refractivity contribution >= 4 is 0 Å². The smallest absolute Gasteiger partial charge is 0.0622 e. The van der Waals surface area contributed by atoms with E-state index in [1.54, 1.807) is 5.56 Å². The fraction of sp³-hybridized carbons (Fsp3) is 0.591. The zero-order chi connectivity index (χ0) is 18.3. The van der Waals surface area contributed by atoms with E-state index in [-0.39, 0.29) is 0 Å². The number of aromatic nitrogens is 2. The Labute approximate surface area is 161 Å². The van der Waals surface area contributed by atoms with Gasteiger partial charge in [0.05, 0.1) is 12.8 Å². The maximum absolute atomic E-state index is 5.70. The maximum atomic E-state index is 5.70. The van der Waals surface area contributed by atoms with Crippen molar-refractivity contribution in [1.29, 1.82) is 0 Å². The highest BCUT2D eigenvalue weighted by Gasteiger charge is 2.43. The van der Waals surface area contributed by atoms with Gasteiger partial charge in [0.25, 0.3) is 0 Å². The van der Waals surface area contributed by atoms with Crippen molar-refractivity contribution in [2.45, 2.75) is 43.8 Å². The number of benzene rings is 1. The summed E-state index contributed by atoms with van der Waals surface area (Å²) < 4.78 is 7.60. The molecule has 0 unspecified atom stereocenters. The lowest BCUT2D eigenvalue weighted by atomic mass is 9.68. The minimum absolute atomic E-state index is 0.308. The molecule has 2 saturated heterocycles. The van der Waals surface area contributed by atoms with Crippen LogP contribution in [0.2, 0.25) is 0 Å². The fourth-order valence-corrected chi connectivity index (χ4v) is 5.37. The Morgan fingerprint density at radius 2 is 2.07 bits per heavy atom. The molecule has 27 heavy (non-hydrogen) atoms. The van der Waals surface area contributed by atoms with E-state index >= 15 is 0 Å². The lowest BCUT2D eigenvalue weighted by molar-refractivity contribution is 0.0639. The molecule has 0 radical (unpaired) electrons. The van der Waals surface area contributed by atoms with Crippen LogP contribution in [0.1, 0.15) is 36.0 Å². The molecule has 1 aromatic carbocycles. The van der Waals surface area contributed by atoms with Gasteiger partial charge in [-0.3, -0.25) is 14.5 Å². The second kappa shape index (κ2) is 7.04. The molecule has 5 nitrogen and oxygen atoms in total. The highest BCUT2D eigenvalue weighted by molar-refractivity contribution is 5.38. The minimum atomic E-state index is 0.308. The molecular formula is C22H30N4O. The van der Waals surface area contributed by atoms with Crippen LogP contribution in [0.4, 0.5) is 0 Å². The van der Waals surface area contributed by atoms with Crippen molar-refractivity contribution in [3.05, 3.63) is 53.3 Å². The van der Waals surface area contributed by atoms with E-state index in [1.807, 2.05) is 17.9 Å². The molecule has 3 aliphatic rings. The van der Waals surface area contributed by atoms with Crippen molar-refractivity contribution in [2.24, 2.45) is 7.05 Å². The molecule has 4 heterocycles. The molecule has 2 fully saturated rings. The Bertz CT molecular complexity index is 787. The molecule has 0 amide bonds. The number of hydrogen-bond acceptors (Lipinski definition) is 4. The number of aryl methyl sites for hydroxylation is 1. The van der Waals surface area contributed by atoms with E-state index in [2.05, 4.69) is 45.4 Å². The Morgan fingerprint density at radius 3 is 2.81 bits per heavy atom. The van der Waals surface area contributed by atoms with E-state index in [0.29, 0.717) is 11.5 Å². The van der Waals surface area contributed by atoms with Gasteiger partial charge in [-0.2, -0.15) is 5.10 Å². The van der Waals surface area contributed by atoms with Crippen LogP contribution < -0.4 is 0 Å². The maximum Gasteiger partial charge on any atom is 0.0622 e. The van der Waals surface area contributed by atoms with Gasteiger partial charge in [-0.15, -0.1) is 0 Å². The number of ether oxygens (including phenoxy) is 1. The molecule has 2 aromatic rings. The van der Waals surface area contributed by atoms with Crippen LogP contribution in [0.15, 0.2) is 36.7 Å². The minimum Gasteiger partial charge on any atom is -0.380 e. The van der Waals surface area contributed by atoms with Crippen molar-refractivity contribution in [3.8, 4) is 0 Å². The van der Waals surface area contributed by atoms with E-state index in [1.165, 1.54) is 36.9 Å². The van der Waals surface area contributed by atoms with Crippen molar-refractivity contribution in [3.63, 3.8) is 0 Å². The Balaban J connectivity index is 1.34. The van der Waals surface area contributed by atoms with Gasteiger partial charge in [-0.25, -0.2) is 0 Å². The predicted octanol–water partition coefficient (Wildman–Crippen LogP) is 2.56. The van der Waals surface area contributed by atoms with Crippen LogP contribution in [-0.4, -0.2) is 58.5 Å². The zero-order valence-corrected chi connectivity index (χ0v) is 16.3. The number of likely N-dealkylation sites (tertiary alicyclic amines) is 1. The summed E-state index contributed by atoms with van der Waals surface area (Å²) in [6.45, 7) is 7.46. The van der Waals surface area contributed by atoms with E-state index in [4.69, 9.17) is 4.74 Å². The summed E-state index contributed by atoms with van der Waals surface area (Å²) in [7, 11) is 2.00. The summed E-state index contributed by atoms with van der Waals surface area (Å²) in [6.07, 6.45) is 7.82. The average molecular weight is 367 g/mol. The molecule has 0 saturated carbocycles. The average Bonchev–Trinajstić information content (AvgIpc) is 3.36. The van der Waals surface area contributed by atoms with E-state index < -0.39 is 0 Å². The number of hydrogen-bond donors (Lipinski definition) is 0. The first-order valence-corrected chi connectivity index (χ1v) is 10.3. The molecule has 1 spiro atoms. The number of rotatable bonds is 3. The number of piperidine rings is 1. The van der Waals surface area contributed by atoms with Gasteiger partial charge < -0.3 is 4.74 Å². The summed E-state index contributed by atoms with van der Waals surface area (Å²) >= 11 is 0. The van der Waals surface area contributed by atoms with Gasteiger partial charge in [0.15, 0.2) is 0 Å². The molecule has 1 atom stereocenters. The van der Waals surface area contributed by atoms with Crippen LogP contribution in [0.3, 0.4) is 0 Å². The van der Waals surface area contributed by atoms with Crippen molar-refractivity contribution in [1.82, 2.24) is 19.6 Å². The normalized spacial score (nSPS) is 25.7. The first kappa shape index (κ1) is 17.4. The quantitative estimate of drug-likeness (QED) is 0.836. The molecular weight excluding hydrogens is 336 g/mol. The van der Waals surface area contributed by atoms with Crippen LogP contribution in [0.25, 0.3) is 0 Å². The lowest BCUT2D eigenvalue weighted by Crippen LogP contribution is -2.54. The lowest BCUT2D eigenvalue weighted by Gasteiger charge is -2.50. The first-order chi connectivity index (χ1) is 13.2. The Hall–Kier alpha value is -1.69. The summed E-state index contributed by atoms with van der Waals surface area (Å²) in [6, 6.07) is 9.79.